The van der Waals surface area contributed by atoms with E-state index in [0.29, 0.717) is 16.7 Å². The maximum absolute atomic E-state index is 10.3. The molecule has 3 heteroatoms. The van der Waals surface area contributed by atoms with E-state index < -0.39 is 0 Å². The maximum Gasteiger partial charge on any atom is 0.0545 e. The van der Waals surface area contributed by atoms with Gasteiger partial charge in [0.25, 0.3) is 0 Å². The topological polar surface area (TPSA) is 66.5 Å². The van der Waals surface area contributed by atoms with Gasteiger partial charge in [0.1, 0.15) is 0 Å². The Morgan fingerprint density at radius 2 is 1.44 bits per heavy atom. The zero-order valence-electron chi connectivity index (χ0n) is 18.9. The van der Waals surface area contributed by atoms with Crippen LogP contribution < -0.4 is 5.73 Å². The van der Waals surface area contributed by atoms with Crippen LogP contribution in [0.5, 0.6) is 0 Å². The highest BCUT2D eigenvalue weighted by molar-refractivity contribution is 5.09. The Morgan fingerprint density at radius 1 is 0.852 bits per heavy atom. The van der Waals surface area contributed by atoms with E-state index in [1.165, 1.54) is 52.0 Å². The van der Waals surface area contributed by atoms with Gasteiger partial charge in [0.15, 0.2) is 0 Å². The lowest BCUT2D eigenvalue weighted by Gasteiger charge is -2.61. The Kier molecular flexibility index (Phi) is 7.84. The fourth-order valence-electron chi connectivity index (χ4n) is 8.07. The summed E-state index contributed by atoms with van der Waals surface area (Å²) in [6.07, 6.45) is 11.1. The van der Waals surface area contributed by atoms with Crippen LogP contribution in [-0.4, -0.2) is 29.5 Å². The Balaban J connectivity index is 0.000000614. The minimum Gasteiger partial charge on any atom is -0.393 e. The number of rotatable bonds is 1. The van der Waals surface area contributed by atoms with E-state index in [9.17, 15) is 10.2 Å². The average molecular weight is 382 g/mol. The van der Waals surface area contributed by atoms with Gasteiger partial charge in [-0.1, -0.05) is 27.7 Å². The van der Waals surface area contributed by atoms with Crippen molar-refractivity contribution in [3.05, 3.63) is 0 Å². The minimum atomic E-state index is -0.140. The molecule has 0 radical (unpaired) electrons. The first-order chi connectivity index (χ1) is 12.9. The molecule has 4 fully saturated rings. The Bertz CT molecular complexity index is 467. The molecule has 27 heavy (non-hydrogen) atoms. The zero-order chi connectivity index (χ0) is 20.4. The Hall–Kier alpha value is -0.120. The standard InChI is InChI=1S/C21H36O2.C2H6.CH5N/c1-13(22)17-6-7-18-16-5-4-14-12-15(23)8-10-20(14,2)19(16)9-11-21(17,18)3;2*1-2/h13-19,22-23H,4-12H2,1-3H3;1-2H3;2H2,1H3. The summed E-state index contributed by atoms with van der Waals surface area (Å²) in [5, 5.41) is 20.4. The quantitative estimate of drug-likeness (QED) is 0.599. The van der Waals surface area contributed by atoms with Gasteiger partial charge in [-0.25, -0.2) is 0 Å². The van der Waals surface area contributed by atoms with Gasteiger partial charge in [0.05, 0.1) is 12.2 Å². The molecule has 4 aliphatic rings. The van der Waals surface area contributed by atoms with E-state index in [0.717, 1.165) is 36.5 Å². The summed E-state index contributed by atoms with van der Waals surface area (Å²) in [7, 11) is 1.50. The number of nitrogens with two attached hydrogens (primary N) is 1. The van der Waals surface area contributed by atoms with E-state index >= 15 is 0 Å². The molecule has 0 saturated heterocycles. The smallest absolute Gasteiger partial charge is 0.0545 e. The molecule has 0 spiro atoms. The molecule has 0 aromatic rings. The molecular formula is C24H47NO2. The van der Waals surface area contributed by atoms with E-state index in [1.807, 2.05) is 20.8 Å². The lowest BCUT2D eigenvalue weighted by Crippen LogP contribution is -2.54. The molecule has 4 saturated carbocycles. The second-order valence-corrected chi connectivity index (χ2v) is 10.1. The van der Waals surface area contributed by atoms with Crippen molar-refractivity contribution in [2.24, 2.45) is 46.2 Å². The lowest BCUT2D eigenvalue weighted by atomic mass is 9.44. The van der Waals surface area contributed by atoms with E-state index in [2.05, 4.69) is 19.6 Å². The molecule has 0 aliphatic heterocycles. The second-order valence-electron chi connectivity index (χ2n) is 10.1. The Labute approximate surface area is 168 Å². The van der Waals surface area contributed by atoms with Crippen molar-refractivity contribution >= 4 is 0 Å². The molecule has 4 rings (SSSR count). The van der Waals surface area contributed by atoms with Crippen LogP contribution in [0.1, 0.15) is 92.4 Å². The molecule has 0 aromatic heterocycles. The summed E-state index contributed by atoms with van der Waals surface area (Å²) in [6, 6.07) is 0. The van der Waals surface area contributed by atoms with Crippen molar-refractivity contribution < 1.29 is 10.2 Å². The predicted octanol–water partition coefficient (Wildman–Crippen LogP) is 4.99. The monoisotopic (exact) mass is 381 g/mol. The zero-order valence-corrected chi connectivity index (χ0v) is 18.9. The van der Waals surface area contributed by atoms with E-state index in [1.54, 1.807) is 0 Å². The van der Waals surface area contributed by atoms with Crippen LogP contribution in [0.3, 0.4) is 0 Å². The van der Waals surface area contributed by atoms with Gasteiger partial charge < -0.3 is 15.9 Å². The van der Waals surface area contributed by atoms with Gasteiger partial charge in [-0.2, -0.15) is 0 Å². The van der Waals surface area contributed by atoms with Gasteiger partial charge >= 0.3 is 0 Å². The van der Waals surface area contributed by atoms with Gasteiger partial charge in [0.2, 0.25) is 0 Å². The van der Waals surface area contributed by atoms with Crippen molar-refractivity contribution in [1.82, 2.24) is 0 Å². The highest BCUT2D eigenvalue weighted by Crippen LogP contribution is 2.67. The average Bonchev–Trinajstić information content (AvgIpc) is 3.03. The molecular weight excluding hydrogens is 334 g/mol. The highest BCUT2D eigenvalue weighted by atomic mass is 16.3. The fraction of sp³-hybridized carbons (Fsp3) is 1.00. The third-order valence-electron chi connectivity index (χ3n) is 9.29. The molecule has 3 nitrogen and oxygen atoms in total. The summed E-state index contributed by atoms with van der Waals surface area (Å²) in [5.41, 5.74) is 5.36. The van der Waals surface area contributed by atoms with Crippen LogP contribution in [0.4, 0.5) is 0 Å². The molecule has 4 N–H and O–H groups in total. The Morgan fingerprint density at radius 3 is 2.07 bits per heavy atom. The number of aliphatic hydroxyl groups is 2. The molecule has 0 aromatic carbocycles. The maximum atomic E-state index is 10.3. The van der Waals surface area contributed by atoms with Gasteiger partial charge in [0, 0.05) is 0 Å². The van der Waals surface area contributed by atoms with Gasteiger partial charge in [-0.15, -0.1) is 0 Å². The van der Waals surface area contributed by atoms with Gasteiger partial charge in [-0.3, -0.25) is 0 Å². The summed E-state index contributed by atoms with van der Waals surface area (Å²) in [6.45, 7) is 11.1. The van der Waals surface area contributed by atoms with E-state index in [4.69, 9.17) is 0 Å². The molecule has 160 valence electrons. The first-order valence-electron chi connectivity index (χ1n) is 11.8. The second kappa shape index (κ2) is 9.13. The first-order valence-corrected chi connectivity index (χ1v) is 11.8. The number of hydrogen-bond acceptors (Lipinski definition) is 3. The number of aliphatic hydroxyl groups excluding tert-OH is 2. The summed E-state index contributed by atoms with van der Waals surface area (Å²) in [4.78, 5) is 0. The van der Waals surface area contributed by atoms with Gasteiger partial charge in [-0.05, 0) is 112 Å². The van der Waals surface area contributed by atoms with Crippen molar-refractivity contribution in [1.29, 1.82) is 0 Å². The molecule has 4 aliphatic carbocycles. The predicted molar refractivity (Wildman–Crippen MR) is 114 cm³/mol. The van der Waals surface area contributed by atoms with Crippen molar-refractivity contribution in [3.63, 3.8) is 0 Å². The van der Waals surface area contributed by atoms with Crippen LogP contribution in [-0.2, 0) is 0 Å². The van der Waals surface area contributed by atoms with Crippen LogP contribution in [0.2, 0.25) is 0 Å². The summed E-state index contributed by atoms with van der Waals surface area (Å²) < 4.78 is 0. The number of fused-ring (bicyclic) bond motifs is 5. The first kappa shape index (κ1) is 23.2. The molecule has 0 heterocycles. The van der Waals surface area contributed by atoms with E-state index in [-0.39, 0.29) is 12.2 Å². The van der Waals surface area contributed by atoms with Crippen LogP contribution >= 0.6 is 0 Å². The van der Waals surface area contributed by atoms with Crippen molar-refractivity contribution in [2.45, 2.75) is 105 Å². The SMILES string of the molecule is CC.CC(O)C1CCC2C3CCC4CC(O)CCC4(C)C3CCC12C.CN. The molecule has 0 bridgehead atoms. The molecule has 9 unspecified atom stereocenters. The van der Waals surface area contributed by atoms with Crippen molar-refractivity contribution in [2.75, 3.05) is 7.05 Å². The molecule has 0 amide bonds. The van der Waals surface area contributed by atoms with Crippen LogP contribution in [0.15, 0.2) is 0 Å². The third kappa shape index (κ3) is 3.85. The van der Waals surface area contributed by atoms with Crippen molar-refractivity contribution in [3.8, 4) is 0 Å². The summed E-state index contributed by atoms with van der Waals surface area (Å²) in [5.74, 6) is 3.87. The lowest BCUT2D eigenvalue weighted by molar-refractivity contribution is -0.132. The summed E-state index contributed by atoms with van der Waals surface area (Å²) >= 11 is 0. The fourth-order valence-corrected chi connectivity index (χ4v) is 8.07. The molecule has 9 atom stereocenters. The van der Waals surface area contributed by atoms with Crippen LogP contribution in [0, 0.1) is 40.4 Å². The minimum absolute atomic E-state index is 0.0374. The largest absolute Gasteiger partial charge is 0.393 e. The third-order valence-corrected chi connectivity index (χ3v) is 9.29. The highest BCUT2D eigenvalue weighted by Gasteiger charge is 2.60. The van der Waals surface area contributed by atoms with Crippen LogP contribution in [0.25, 0.3) is 0 Å². The number of hydrogen-bond donors (Lipinski definition) is 3. The normalized spacial score (nSPS) is 49.2.